The summed E-state index contributed by atoms with van der Waals surface area (Å²) in [6, 6.07) is 0. The highest BCUT2D eigenvalue weighted by Gasteiger charge is 2.25. The average Bonchev–Trinajstić information content (AvgIpc) is 2.03. The molecule has 0 fully saturated rings. The standard InChI is InChI=1S/C10H18O4/c1-5-13-10(12)9(8(4)11)14-6-7(2)3/h7,9H,5-6H2,1-4H3. The molecule has 4 heteroatoms. The monoisotopic (exact) mass is 202 g/mol. The Hall–Kier alpha value is -0.900. The third-order valence-corrected chi connectivity index (χ3v) is 1.47. The Balaban J connectivity index is 4.15. The van der Waals surface area contributed by atoms with E-state index in [2.05, 4.69) is 0 Å². The number of carbonyl (C=O) groups excluding carboxylic acids is 2. The van der Waals surface area contributed by atoms with Crippen LogP contribution in [0.3, 0.4) is 0 Å². The second kappa shape index (κ2) is 6.54. The number of carbonyl (C=O) groups is 2. The highest BCUT2D eigenvalue weighted by molar-refractivity contribution is 6.00. The van der Waals surface area contributed by atoms with E-state index in [1.54, 1.807) is 6.92 Å². The number of esters is 1. The summed E-state index contributed by atoms with van der Waals surface area (Å²) in [5.41, 5.74) is 0. The fourth-order valence-corrected chi connectivity index (χ4v) is 0.858. The molecule has 14 heavy (non-hydrogen) atoms. The smallest absolute Gasteiger partial charge is 0.343 e. The van der Waals surface area contributed by atoms with Gasteiger partial charge in [-0.2, -0.15) is 0 Å². The average molecular weight is 202 g/mol. The molecule has 1 atom stereocenters. The molecule has 0 rings (SSSR count). The van der Waals surface area contributed by atoms with E-state index in [1.807, 2.05) is 13.8 Å². The molecular formula is C10H18O4. The molecule has 0 saturated heterocycles. The molecule has 0 aliphatic carbocycles. The van der Waals surface area contributed by atoms with E-state index in [0.29, 0.717) is 6.61 Å². The molecule has 0 aliphatic rings. The lowest BCUT2D eigenvalue weighted by Gasteiger charge is -2.14. The van der Waals surface area contributed by atoms with Gasteiger partial charge < -0.3 is 9.47 Å². The number of rotatable bonds is 6. The topological polar surface area (TPSA) is 52.6 Å². The Kier molecular flexibility index (Phi) is 6.12. The maximum absolute atomic E-state index is 11.2. The minimum Gasteiger partial charge on any atom is -0.464 e. The molecule has 0 aliphatic heterocycles. The Morgan fingerprint density at radius 3 is 2.21 bits per heavy atom. The van der Waals surface area contributed by atoms with Crippen LogP contribution >= 0.6 is 0 Å². The Bertz CT molecular complexity index is 198. The van der Waals surface area contributed by atoms with Gasteiger partial charge in [0.05, 0.1) is 13.2 Å². The van der Waals surface area contributed by atoms with Crippen LogP contribution in [0.4, 0.5) is 0 Å². The zero-order valence-electron chi connectivity index (χ0n) is 9.20. The van der Waals surface area contributed by atoms with Gasteiger partial charge in [0.2, 0.25) is 6.10 Å². The largest absolute Gasteiger partial charge is 0.464 e. The second-order valence-electron chi connectivity index (χ2n) is 3.47. The van der Waals surface area contributed by atoms with Gasteiger partial charge in [0.15, 0.2) is 5.78 Å². The van der Waals surface area contributed by atoms with Gasteiger partial charge in [0.25, 0.3) is 0 Å². The Labute approximate surface area is 84.6 Å². The zero-order valence-corrected chi connectivity index (χ0v) is 9.20. The molecule has 0 saturated carbocycles. The summed E-state index contributed by atoms with van der Waals surface area (Å²) in [6.45, 7) is 7.54. The molecule has 0 amide bonds. The number of ketones is 1. The van der Waals surface area contributed by atoms with Crippen molar-refractivity contribution in [2.75, 3.05) is 13.2 Å². The van der Waals surface area contributed by atoms with Crippen LogP contribution < -0.4 is 0 Å². The van der Waals surface area contributed by atoms with Gasteiger partial charge in [-0.15, -0.1) is 0 Å². The van der Waals surface area contributed by atoms with Crippen LogP contribution in [-0.2, 0) is 19.1 Å². The van der Waals surface area contributed by atoms with Crippen LogP contribution in [0.1, 0.15) is 27.7 Å². The zero-order chi connectivity index (χ0) is 11.1. The lowest BCUT2D eigenvalue weighted by Crippen LogP contribution is -2.34. The van der Waals surface area contributed by atoms with Gasteiger partial charge in [-0.3, -0.25) is 4.79 Å². The molecule has 0 spiro atoms. The van der Waals surface area contributed by atoms with Gasteiger partial charge in [0.1, 0.15) is 0 Å². The third-order valence-electron chi connectivity index (χ3n) is 1.47. The molecular weight excluding hydrogens is 184 g/mol. The van der Waals surface area contributed by atoms with Gasteiger partial charge in [-0.1, -0.05) is 13.8 Å². The second-order valence-corrected chi connectivity index (χ2v) is 3.47. The lowest BCUT2D eigenvalue weighted by molar-refractivity contribution is -0.161. The lowest BCUT2D eigenvalue weighted by atomic mass is 10.2. The van der Waals surface area contributed by atoms with Gasteiger partial charge in [0, 0.05) is 0 Å². The first-order chi connectivity index (χ1) is 6.49. The highest BCUT2D eigenvalue weighted by atomic mass is 16.6. The van der Waals surface area contributed by atoms with Crippen LogP contribution in [-0.4, -0.2) is 31.1 Å². The molecule has 0 heterocycles. The van der Waals surface area contributed by atoms with Crippen molar-refractivity contribution in [3.63, 3.8) is 0 Å². The number of Topliss-reactive ketones (excluding diaryl/α,β-unsaturated/α-hetero) is 1. The summed E-state index contributed by atoms with van der Waals surface area (Å²) < 4.78 is 9.87. The normalized spacial score (nSPS) is 12.6. The summed E-state index contributed by atoms with van der Waals surface area (Å²) in [5.74, 6) is -0.629. The molecule has 0 radical (unpaired) electrons. The molecule has 4 nitrogen and oxygen atoms in total. The molecule has 0 aromatic carbocycles. The first-order valence-corrected chi connectivity index (χ1v) is 4.77. The quantitative estimate of drug-likeness (QED) is 0.479. The predicted octanol–water partition coefficient (Wildman–Crippen LogP) is 1.18. The van der Waals surface area contributed by atoms with E-state index < -0.39 is 12.1 Å². The van der Waals surface area contributed by atoms with Crippen molar-refractivity contribution >= 4 is 11.8 Å². The van der Waals surface area contributed by atoms with Crippen LogP contribution in [0.5, 0.6) is 0 Å². The van der Waals surface area contributed by atoms with Crippen molar-refractivity contribution in [1.82, 2.24) is 0 Å². The number of ether oxygens (including phenoxy) is 2. The minimum atomic E-state index is -1.06. The molecule has 82 valence electrons. The maximum Gasteiger partial charge on any atom is 0.343 e. The Morgan fingerprint density at radius 2 is 1.86 bits per heavy atom. The van der Waals surface area contributed by atoms with Gasteiger partial charge in [-0.05, 0) is 19.8 Å². The summed E-state index contributed by atoms with van der Waals surface area (Å²) in [7, 11) is 0. The molecule has 0 aromatic heterocycles. The van der Waals surface area contributed by atoms with Crippen molar-refractivity contribution in [3.8, 4) is 0 Å². The summed E-state index contributed by atoms with van der Waals surface area (Å²) in [6.07, 6.45) is -1.06. The summed E-state index contributed by atoms with van der Waals surface area (Å²) in [5, 5.41) is 0. The predicted molar refractivity (Wildman–Crippen MR) is 51.9 cm³/mol. The fourth-order valence-electron chi connectivity index (χ4n) is 0.858. The number of hydrogen-bond donors (Lipinski definition) is 0. The van der Waals surface area contributed by atoms with E-state index in [-0.39, 0.29) is 18.3 Å². The van der Waals surface area contributed by atoms with E-state index in [0.717, 1.165) is 0 Å². The highest BCUT2D eigenvalue weighted by Crippen LogP contribution is 2.02. The van der Waals surface area contributed by atoms with Crippen molar-refractivity contribution in [3.05, 3.63) is 0 Å². The van der Waals surface area contributed by atoms with Crippen molar-refractivity contribution in [2.24, 2.45) is 5.92 Å². The van der Waals surface area contributed by atoms with E-state index in [4.69, 9.17) is 9.47 Å². The van der Waals surface area contributed by atoms with E-state index in [1.165, 1.54) is 6.92 Å². The van der Waals surface area contributed by atoms with Crippen molar-refractivity contribution < 1.29 is 19.1 Å². The maximum atomic E-state index is 11.2. The molecule has 1 unspecified atom stereocenters. The van der Waals surface area contributed by atoms with Crippen LogP contribution in [0.2, 0.25) is 0 Å². The van der Waals surface area contributed by atoms with Gasteiger partial charge >= 0.3 is 5.97 Å². The Morgan fingerprint density at radius 1 is 1.29 bits per heavy atom. The van der Waals surface area contributed by atoms with Crippen LogP contribution in [0, 0.1) is 5.92 Å². The fraction of sp³-hybridized carbons (Fsp3) is 0.800. The van der Waals surface area contributed by atoms with Gasteiger partial charge in [-0.25, -0.2) is 4.79 Å². The van der Waals surface area contributed by atoms with Crippen LogP contribution in [0.15, 0.2) is 0 Å². The SMILES string of the molecule is CCOC(=O)C(OCC(C)C)C(C)=O. The first kappa shape index (κ1) is 13.1. The molecule has 0 N–H and O–H groups in total. The van der Waals surface area contributed by atoms with Crippen LogP contribution in [0.25, 0.3) is 0 Å². The van der Waals surface area contributed by atoms with E-state index in [9.17, 15) is 9.59 Å². The molecule has 0 aromatic rings. The summed E-state index contributed by atoms with van der Waals surface area (Å²) >= 11 is 0. The van der Waals surface area contributed by atoms with Crippen molar-refractivity contribution in [1.29, 1.82) is 0 Å². The summed E-state index contributed by atoms with van der Waals surface area (Å²) in [4.78, 5) is 22.3. The van der Waals surface area contributed by atoms with E-state index >= 15 is 0 Å². The molecule has 0 bridgehead atoms. The first-order valence-electron chi connectivity index (χ1n) is 4.77. The minimum absolute atomic E-state index is 0.258. The number of hydrogen-bond acceptors (Lipinski definition) is 4. The third kappa shape index (κ3) is 4.97. The van der Waals surface area contributed by atoms with Crippen molar-refractivity contribution in [2.45, 2.75) is 33.8 Å².